The lowest BCUT2D eigenvalue weighted by atomic mass is 10.1. The number of nitrogens with zero attached hydrogens (tertiary/aromatic N) is 1. The van der Waals surface area contributed by atoms with Gasteiger partial charge in [-0.1, -0.05) is 0 Å². The number of hydrogen-bond acceptors (Lipinski definition) is 4. The Hall–Kier alpha value is -2.11. The van der Waals surface area contributed by atoms with Gasteiger partial charge in [0, 0.05) is 18.7 Å². The predicted octanol–water partition coefficient (Wildman–Crippen LogP) is 0.927. The number of rotatable bonds is 3. The van der Waals surface area contributed by atoms with Crippen LogP contribution in [0.5, 0.6) is 0 Å². The molecule has 0 aliphatic rings. The van der Waals surface area contributed by atoms with E-state index in [4.69, 9.17) is 5.73 Å². The summed E-state index contributed by atoms with van der Waals surface area (Å²) in [5.74, 6) is -0.329. The van der Waals surface area contributed by atoms with Gasteiger partial charge in [-0.25, -0.2) is 0 Å². The normalized spacial score (nSPS) is 9.67. The largest absolute Gasteiger partial charge is 0.398 e. The number of carbonyl (C=O) groups excluding carboxylic acids is 1. The van der Waals surface area contributed by atoms with Crippen LogP contribution in [0.15, 0.2) is 18.2 Å². The highest BCUT2D eigenvalue weighted by molar-refractivity contribution is 5.99. The van der Waals surface area contributed by atoms with E-state index in [0.29, 0.717) is 6.54 Å². The smallest absolute Gasteiger partial charge is 0.271 e. The van der Waals surface area contributed by atoms with Crippen molar-refractivity contribution < 1.29 is 9.72 Å². The van der Waals surface area contributed by atoms with Crippen LogP contribution in [-0.2, 0) is 0 Å². The van der Waals surface area contributed by atoms with Crippen molar-refractivity contribution in [1.29, 1.82) is 0 Å². The topological polar surface area (TPSA) is 98.3 Å². The third kappa shape index (κ3) is 2.43. The molecule has 0 atom stereocenters. The highest BCUT2D eigenvalue weighted by Crippen LogP contribution is 2.19. The molecule has 0 fully saturated rings. The van der Waals surface area contributed by atoms with Crippen molar-refractivity contribution in [2.45, 2.75) is 6.92 Å². The van der Waals surface area contributed by atoms with E-state index in [-0.39, 0.29) is 22.8 Å². The number of hydrogen-bond donors (Lipinski definition) is 2. The van der Waals surface area contributed by atoms with Crippen LogP contribution >= 0.6 is 0 Å². The van der Waals surface area contributed by atoms with E-state index >= 15 is 0 Å². The number of nitro benzene ring substituents is 1. The van der Waals surface area contributed by atoms with Gasteiger partial charge in [-0.05, 0) is 13.0 Å². The quantitative estimate of drug-likeness (QED) is 0.439. The molecule has 15 heavy (non-hydrogen) atoms. The molecule has 0 spiro atoms. The molecule has 0 aliphatic heterocycles. The zero-order valence-corrected chi connectivity index (χ0v) is 8.19. The second kappa shape index (κ2) is 4.41. The van der Waals surface area contributed by atoms with E-state index in [0.717, 1.165) is 0 Å². The molecule has 1 aromatic rings. The minimum absolute atomic E-state index is 0.107. The van der Waals surface area contributed by atoms with Crippen LogP contribution in [0.1, 0.15) is 17.3 Å². The van der Waals surface area contributed by atoms with Crippen molar-refractivity contribution in [3.05, 3.63) is 33.9 Å². The number of non-ortho nitro benzene ring substituents is 1. The second-order valence-corrected chi connectivity index (χ2v) is 2.89. The van der Waals surface area contributed by atoms with Crippen LogP contribution in [0.25, 0.3) is 0 Å². The Morgan fingerprint density at radius 1 is 1.60 bits per heavy atom. The van der Waals surface area contributed by atoms with Gasteiger partial charge in [0.25, 0.3) is 11.6 Å². The molecule has 0 radical (unpaired) electrons. The maximum Gasteiger partial charge on any atom is 0.271 e. The molecule has 0 saturated heterocycles. The molecule has 1 amide bonds. The predicted molar refractivity (Wildman–Crippen MR) is 55.5 cm³/mol. The number of amides is 1. The molecule has 0 heterocycles. The lowest BCUT2D eigenvalue weighted by Crippen LogP contribution is -2.23. The Morgan fingerprint density at radius 2 is 2.27 bits per heavy atom. The third-order valence-electron chi connectivity index (χ3n) is 1.83. The number of nitrogen functional groups attached to an aromatic ring is 1. The van der Waals surface area contributed by atoms with Crippen molar-refractivity contribution in [3.8, 4) is 0 Å². The van der Waals surface area contributed by atoms with E-state index in [1.54, 1.807) is 6.92 Å². The van der Waals surface area contributed by atoms with Crippen LogP contribution < -0.4 is 11.1 Å². The van der Waals surface area contributed by atoms with E-state index < -0.39 is 4.92 Å². The fraction of sp³-hybridized carbons (Fsp3) is 0.222. The summed E-state index contributed by atoms with van der Waals surface area (Å²) in [4.78, 5) is 21.2. The molecule has 0 saturated carbocycles. The van der Waals surface area contributed by atoms with Crippen molar-refractivity contribution in [1.82, 2.24) is 5.32 Å². The van der Waals surface area contributed by atoms with Gasteiger partial charge in [-0.15, -0.1) is 0 Å². The molecule has 80 valence electrons. The first-order valence-electron chi connectivity index (χ1n) is 4.38. The molecular formula is C9H11N3O3. The van der Waals surface area contributed by atoms with Gasteiger partial charge in [0.2, 0.25) is 0 Å². The minimum Gasteiger partial charge on any atom is -0.398 e. The van der Waals surface area contributed by atoms with Crippen LogP contribution in [0.4, 0.5) is 11.4 Å². The molecule has 0 unspecified atom stereocenters. The highest BCUT2D eigenvalue weighted by atomic mass is 16.6. The minimum atomic E-state index is -0.558. The molecule has 6 heteroatoms. The number of carbonyl (C=O) groups is 1. The summed E-state index contributed by atoms with van der Waals surface area (Å²) in [5.41, 5.74) is 5.76. The average Bonchev–Trinajstić information content (AvgIpc) is 2.17. The van der Waals surface area contributed by atoms with E-state index in [1.165, 1.54) is 18.2 Å². The molecular weight excluding hydrogens is 198 g/mol. The summed E-state index contributed by atoms with van der Waals surface area (Å²) in [5, 5.41) is 13.0. The van der Waals surface area contributed by atoms with E-state index in [9.17, 15) is 14.9 Å². The molecule has 6 nitrogen and oxygen atoms in total. The van der Waals surface area contributed by atoms with Crippen LogP contribution in [0.2, 0.25) is 0 Å². The Labute approximate surface area is 86.2 Å². The number of nitrogens with two attached hydrogens (primary N) is 1. The number of nitro groups is 1. The van der Waals surface area contributed by atoms with Crippen molar-refractivity contribution >= 4 is 17.3 Å². The van der Waals surface area contributed by atoms with Gasteiger partial charge in [0.05, 0.1) is 16.2 Å². The van der Waals surface area contributed by atoms with Gasteiger partial charge >= 0.3 is 0 Å². The molecule has 1 rings (SSSR count). The zero-order chi connectivity index (χ0) is 11.4. The van der Waals surface area contributed by atoms with Crippen LogP contribution in [-0.4, -0.2) is 17.4 Å². The number of benzene rings is 1. The molecule has 1 aromatic carbocycles. The number of anilines is 1. The lowest BCUT2D eigenvalue weighted by molar-refractivity contribution is -0.384. The van der Waals surface area contributed by atoms with Crippen LogP contribution in [0, 0.1) is 10.1 Å². The molecule has 0 aliphatic carbocycles. The first kappa shape index (κ1) is 11.0. The van der Waals surface area contributed by atoms with Crippen molar-refractivity contribution in [2.24, 2.45) is 0 Å². The number of nitrogens with one attached hydrogen (secondary N) is 1. The zero-order valence-electron chi connectivity index (χ0n) is 8.19. The van der Waals surface area contributed by atoms with Crippen molar-refractivity contribution in [2.75, 3.05) is 12.3 Å². The molecule has 3 N–H and O–H groups in total. The lowest BCUT2D eigenvalue weighted by Gasteiger charge is -2.04. The van der Waals surface area contributed by atoms with Gasteiger partial charge in [0.15, 0.2) is 0 Å². The fourth-order valence-electron chi connectivity index (χ4n) is 1.13. The summed E-state index contributed by atoms with van der Waals surface area (Å²) < 4.78 is 0. The Kier molecular flexibility index (Phi) is 3.22. The summed E-state index contributed by atoms with van der Waals surface area (Å²) in [6, 6.07) is 3.77. The van der Waals surface area contributed by atoms with Gasteiger partial charge < -0.3 is 11.1 Å². The first-order chi connectivity index (χ1) is 7.06. The van der Waals surface area contributed by atoms with E-state index in [2.05, 4.69) is 5.32 Å². The standard InChI is InChI=1S/C9H11N3O3/c1-2-11-9(13)7-4-3-6(12(14)15)5-8(7)10/h3-5H,2,10H2,1H3,(H,11,13). The fourth-order valence-corrected chi connectivity index (χ4v) is 1.13. The van der Waals surface area contributed by atoms with Crippen molar-refractivity contribution in [3.63, 3.8) is 0 Å². The first-order valence-corrected chi connectivity index (χ1v) is 4.38. The molecule has 0 aromatic heterocycles. The van der Waals surface area contributed by atoms with Gasteiger partial charge in [-0.2, -0.15) is 0 Å². The SMILES string of the molecule is CCNC(=O)c1ccc([N+](=O)[O-])cc1N. The highest BCUT2D eigenvalue weighted by Gasteiger charge is 2.13. The molecule has 0 bridgehead atoms. The Morgan fingerprint density at radius 3 is 2.73 bits per heavy atom. The van der Waals surface area contributed by atoms with Gasteiger partial charge in [-0.3, -0.25) is 14.9 Å². The summed E-state index contributed by atoms with van der Waals surface area (Å²) >= 11 is 0. The maximum absolute atomic E-state index is 11.4. The maximum atomic E-state index is 11.4. The third-order valence-corrected chi connectivity index (χ3v) is 1.83. The Bertz CT molecular complexity index is 404. The second-order valence-electron chi connectivity index (χ2n) is 2.89. The summed E-state index contributed by atoms with van der Waals surface area (Å²) in [6.07, 6.45) is 0. The van der Waals surface area contributed by atoms with Gasteiger partial charge in [0.1, 0.15) is 0 Å². The van der Waals surface area contributed by atoms with E-state index in [1.807, 2.05) is 0 Å². The Balaban J connectivity index is 3.03. The summed E-state index contributed by atoms with van der Waals surface area (Å²) in [6.45, 7) is 2.26. The monoisotopic (exact) mass is 209 g/mol. The average molecular weight is 209 g/mol. The summed E-state index contributed by atoms with van der Waals surface area (Å²) in [7, 11) is 0. The van der Waals surface area contributed by atoms with Crippen LogP contribution in [0.3, 0.4) is 0 Å².